The molecule has 3 N–H and O–H groups in total. The lowest BCUT2D eigenvalue weighted by Crippen LogP contribution is -2.53. The summed E-state index contributed by atoms with van der Waals surface area (Å²) in [7, 11) is 0. The minimum atomic E-state index is -0.363. The van der Waals surface area contributed by atoms with Gasteiger partial charge in [-0.05, 0) is 56.4 Å². The number of carbonyl (C=O) groups is 2. The van der Waals surface area contributed by atoms with Crippen LogP contribution in [0.5, 0.6) is 0 Å². The molecule has 2 aromatic rings. The fourth-order valence-electron chi connectivity index (χ4n) is 4.70. The number of nitrogens with zero attached hydrogens (tertiary/aromatic N) is 6. The Morgan fingerprint density at radius 2 is 2.06 bits per heavy atom. The summed E-state index contributed by atoms with van der Waals surface area (Å²) in [5, 5.41) is 10.5. The molecular weight excluding hydrogens is 456 g/mol. The lowest BCUT2D eigenvalue weighted by molar-refractivity contribution is -0.750. The van der Waals surface area contributed by atoms with Crippen molar-refractivity contribution in [3.63, 3.8) is 0 Å². The van der Waals surface area contributed by atoms with E-state index in [0.717, 1.165) is 19.3 Å². The van der Waals surface area contributed by atoms with Crippen LogP contribution >= 0.6 is 0 Å². The smallest absolute Gasteiger partial charge is 0.299 e. The predicted molar refractivity (Wildman–Crippen MR) is 135 cm³/mol. The van der Waals surface area contributed by atoms with Crippen molar-refractivity contribution in [1.82, 2.24) is 15.1 Å². The van der Waals surface area contributed by atoms with Gasteiger partial charge < -0.3 is 10.2 Å². The number of hydrogen-bond donors (Lipinski definition) is 2. The van der Waals surface area contributed by atoms with Gasteiger partial charge in [0.05, 0.1) is 29.6 Å². The average Bonchev–Trinajstić information content (AvgIpc) is 3.22. The molecule has 0 spiro atoms. The van der Waals surface area contributed by atoms with Crippen LogP contribution in [0.15, 0.2) is 76.4 Å². The zero-order chi connectivity index (χ0) is 25.1. The number of hydrogen-bond acceptors (Lipinski definition) is 7. The van der Waals surface area contributed by atoms with Crippen LogP contribution in [0.3, 0.4) is 0 Å². The summed E-state index contributed by atoms with van der Waals surface area (Å²) in [4.78, 5) is 37.1. The Labute approximate surface area is 208 Å². The molecule has 4 heterocycles. The lowest BCUT2D eigenvalue weighted by Gasteiger charge is -2.34. The highest BCUT2D eigenvalue weighted by Crippen LogP contribution is 2.37. The molecule has 1 aromatic carbocycles. The molecule has 0 aliphatic carbocycles. The van der Waals surface area contributed by atoms with E-state index in [2.05, 4.69) is 32.3 Å². The van der Waals surface area contributed by atoms with E-state index in [1.54, 1.807) is 54.7 Å². The van der Waals surface area contributed by atoms with Gasteiger partial charge in [0.1, 0.15) is 11.9 Å². The Bertz CT molecular complexity index is 1400. The zero-order valence-corrected chi connectivity index (χ0v) is 19.8. The number of nitrogens with two attached hydrogens (primary N) is 1. The maximum atomic E-state index is 13.2. The van der Waals surface area contributed by atoms with E-state index in [4.69, 9.17) is 10.8 Å². The monoisotopic (exact) mass is 481 g/mol. The number of aliphatic imine (C=N–C) groups is 2. The van der Waals surface area contributed by atoms with Crippen LogP contribution in [0, 0.1) is 11.8 Å². The van der Waals surface area contributed by atoms with Gasteiger partial charge in [0, 0.05) is 12.7 Å². The summed E-state index contributed by atoms with van der Waals surface area (Å²) in [5.74, 6) is 12.5. The number of quaternary nitrogens is 1. The summed E-state index contributed by atoms with van der Waals surface area (Å²) >= 11 is 0. The molecule has 10 heteroatoms. The third kappa shape index (κ3) is 4.11. The molecule has 1 fully saturated rings. The number of fused-ring (bicyclic) bond motifs is 1. The second-order valence-electron chi connectivity index (χ2n) is 8.55. The number of piperidine rings is 1. The molecule has 0 radical (unpaired) electrons. The van der Waals surface area contributed by atoms with Gasteiger partial charge in [0.2, 0.25) is 5.70 Å². The molecule has 1 aromatic heterocycles. The van der Waals surface area contributed by atoms with Crippen molar-refractivity contribution in [3.8, 4) is 11.8 Å². The molecular formula is C26H25N8O2+. The average molecular weight is 482 g/mol. The molecule has 180 valence electrons. The van der Waals surface area contributed by atoms with E-state index in [1.165, 1.54) is 6.20 Å². The van der Waals surface area contributed by atoms with Crippen molar-refractivity contribution >= 4 is 29.7 Å². The molecule has 5 rings (SSSR count). The van der Waals surface area contributed by atoms with Crippen molar-refractivity contribution in [1.29, 1.82) is 0 Å². The van der Waals surface area contributed by atoms with E-state index in [9.17, 15) is 9.59 Å². The molecule has 0 saturated carbocycles. The molecule has 1 saturated heterocycles. The van der Waals surface area contributed by atoms with Gasteiger partial charge >= 0.3 is 0 Å². The number of amides is 2. The number of aromatic nitrogens is 2. The first kappa shape index (κ1) is 23.3. The zero-order valence-electron chi connectivity index (χ0n) is 19.8. The normalized spacial score (nSPS) is 22.4. The molecule has 2 amide bonds. The first-order valence-electron chi connectivity index (χ1n) is 11.7. The SMILES string of the molecule is CC#CC(=O)N1CCCCC1C1=C2C=NC=C[N+]2(N)C(c2ccccc2C(=O)Nc2cccnn2)=N1. The minimum Gasteiger partial charge on any atom is -0.323 e. The maximum Gasteiger partial charge on any atom is 0.299 e. The number of likely N-dealkylation sites (tertiary alicyclic amines) is 1. The number of rotatable bonds is 4. The topological polar surface area (TPSA) is 126 Å². The number of allylic oxidation sites excluding steroid dienone is 1. The number of benzene rings is 1. The fourth-order valence-corrected chi connectivity index (χ4v) is 4.70. The molecule has 2 atom stereocenters. The number of amidine groups is 1. The summed E-state index contributed by atoms with van der Waals surface area (Å²) in [6, 6.07) is 10.2. The summed E-state index contributed by atoms with van der Waals surface area (Å²) in [6.45, 7) is 2.24. The van der Waals surface area contributed by atoms with Gasteiger partial charge in [0.25, 0.3) is 17.6 Å². The highest BCUT2D eigenvalue weighted by atomic mass is 16.2. The van der Waals surface area contributed by atoms with E-state index in [1.807, 2.05) is 12.1 Å². The summed E-state index contributed by atoms with van der Waals surface area (Å²) in [6.07, 6.45) is 9.12. The lowest BCUT2D eigenvalue weighted by atomic mass is 9.98. The largest absolute Gasteiger partial charge is 0.323 e. The summed E-state index contributed by atoms with van der Waals surface area (Å²) < 4.78 is -0.258. The Morgan fingerprint density at radius 3 is 2.86 bits per heavy atom. The van der Waals surface area contributed by atoms with Crippen molar-refractivity contribution < 1.29 is 14.2 Å². The van der Waals surface area contributed by atoms with Crippen LogP contribution in [0.2, 0.25) is 0 Å². The second kappa shape index (κ2) is 9.65. The quantitative estimate of drug-likeness (QED) is 0.394. The van der Waals surface area contributed by atoms with Crippen LogP contribution < -0.4 is 11.2 Å². The highest BCUT2D eigenvalue weighted by molar-refractivity contribution is 6.13. The Hall–Kier alpha value is -4.46. The first-order valence-corrected chi connectivity index (χ1v) is 11.7. The molecule has 0 bridgehead atoms. The van der Waals surface area contributed by atoms with Gasteiger partial charge in [-0.15, -0.1) is 9.69 Å². The second-order valence-corrected chi connectivity index (χ2v) is 8.55. The Morgan fingerprint density at radius 1 is 1.19 bits per heavy atom. The Kier molecular flexibility index (Phi) is 6.25. The molecule has 3 aliphatic heterocycles. The molecule has 10 nitrogen and oxygen atoms in total. The maximum absolute atomic E-state index is 13.2. The predicted octanol–water partition coefficient (Wildman–Crippen LogP) is 2.35. The third-order valence-electron chi connectivity index (χ3n) is 6.36. The van der Waals surface area contributed by atoms with Crippen LogP contribution in [0.4, 0.5) is 5.82 Å². The van der Waals surface area contributed by atoms with Gasteiger partial charge in [-0.25, -0.2) is 0 Å². The van der Waals surface area contributed by atoms with Crippen LogP contribution in [0.1, 0.15) is 42.1 Å². The van der Waals surface area contributed by atoms with E-state index >= 15 is 0 Å². The van der Waals surface area contributed by atoms with E-state index < -0.39 is 0 Å². The van der Waals surface area contributed by atoms with Gasteiger partial charge in [-0.2, -0.15) is 15.9 Å². The van der Waals surface area contributed by atoms with Crippen molar-refractivity contribution in [2.75, 3.05) is 11.9 Å². The number of anilines is 1. The number of nitrogens with one attached hydrogen (secondary N) is 1. The highest BCUT2D eigenvalue weighted by Gasteiger charge is 2.48. The summed E-state index contributed by atoms with van der Waals surface area (Å²) in [5.41, 5.74) is 2.27. The van der Waals surface area contributed by atoms with Crippen molar-refractivity contribution in [3.05, 3.63) is 77.5 Å². The van der Waals surface area contributed by atoms with Gasteiger partial charge in [-0.3, -0.25) is 14.6 Å². The molecule has 2 unspecified atom stereocenters. The van der Waals surface area contributed by atoms with Crippen LogP contribution in [-0.4, -0.2) is 56.1 Å². The number of carbonyl (C=O) groups excluding carboxylic acids is 2. The van der Waals surface area contributed by atoms with Crippen molar-refractivity contribution in [2.45, 2.75) is 32.2 Å². The van der Waals surface area contributed by atoms with Crippen molar-refractivity contribution in [2.24, 2.45) is 15.8 Å². The standard InChI is InChI=1S/C26H24N8O2/c1-2-8-23(35)33-15-6-5-11-20(33)24-21-17-28-14-16-34(21,27)25(31-24)18-9-3-4-10-19(18)26(36)30-22-12-7-13-29-32-22/h3-4,7,9-10,12-14,16-17,20H,5-6,11,15,27H2,1H3/p+1. The van der Waals surface area contributed by atoms with E-state index in [-0.39, 0.29) is 22.4 Å². The fraction of sp³-hybridized carbons (Fsp3) is 0.231. The van der Waals surface area contributed by atoms with E-state index in [0.29, 0.717) is 40.7 Å². The van der Waals surface area contributed by atoms with Crippen LogP contribution in [-0.2, 0) is 4.79 Å². The van der Waals surface area contributed by atoms with Crippen LogP contribution in [0.25, 0.3) is 0 Å². The minimum absolute atomic E-state index is 0.235. The third-order valence-corrected chi connectivity index (χ3v) is 6.36. The van der Waals surface area contributed by atoms with Gasteiger partial charge in [-0.1, -0.05) is 18.1 Å². The van der Waals surface area contributed by atoms with Gasteiger partial charge in [0.15, 0.2) is 5.82 Å². The Balaban J connectivity index is 1.58. The molecule has 3 aliphatic rings. The molecule has 36 heavy (non-hydrogen) atoms. The first-order chi connectivity index (χ1) is 17.5.